The van der Waals surface area contributed by atoms with Gasteiger partial charge in [0, 0.05) is 21.9 Å². The zero-order chi connectivity index (χ0) is 29.9. The highest BCUT2D eigenvalue weighted by Gasteiger charge is 2.39. The number of hydrogen-bond acceptors (Lipinski definition) is 3. The van der Waals surface area contributed by atoms with Gasteiger partial charge in [0.1, 0.15) is 0 Å². The molecule has 0 aromatic heterocycles. The Balaban J connectivity index is 0.000000255. The average Bonchev–Trinajstić information content (AvgIpc) is 3.01. The number of aliphatic imine (C=N–C) groups is 1. The highest BCUT2D eigenvalue weighted by atomic mass is 79.9. The lowest BCUT2D eigenvalue weighted by Crippen LogP contribution is -2.36. The second-order valence-electron chi connectivity index (χ2n) is 11.5. The summed E-state index contributed by atoms with van der Waals surface area (Å²) in [6.45, 7) is 2.21. The number of hydrogen-bond donors (Lipinski definition) is 0. The first-order valence-corrected chi connectivity index (χ1v) is 16.7. The standard InChI is InChI=1S/C28H29NO2.C11H13Br/c1-2-31-28(30)27(25(22-19-12-20-22)21-13-6-3-7-14-21)29-26(23-15-8-4-9-16-23)24-17-10-5-11-18-24;12-11(10-7-4-8-10)9-5-2-1-3-6-9/h3-11,13-18,22,25,27H,2,12,19-20H2,1H3;1-3,5-6,10-11H,4,7-8H2. The van der Waals surface area contributed by atoms with Gasteiger partial charge < -0.3 is 4.74 Å². The first kappa shape index (κ1) is 30.9. The van der Waals surface area contributed by atoms with Crippen molar-refractivity contribution >= 4 is 27.6 Å². The third-order valence-corrected chi connectivity index (χ3v) is 10.0. The molecule has 0 radical (unpaired) electrons. The molecule has 3 nitrogen and oxygen atoms in total. The van der Waals surface area contributed by atoms with Crippen molar-refractivity contribution in [3.63, 3.8) is 0 Å². The van der Waals surface area contributed by atoms with Gasteiger partial charge in [0.15, 0.2) is 6.04 Å². The molecule has 3 atom stereocenters. The molecule has 2 fully saturated rings. The second-order valence-corrected chi connectivity index (χ2v) is 12.5. The van der Waals surface area contributed by atoms with Gasteiger partial charge in [-0.3, -0.25) is 4.99 Å². The van der Waals surface area contributed by atoms with E-state index in [2.05, 4.69) is 82.7 Å². The lowest BCUT2D eigenvalue weighted by Gasteiger charge is -2.37. The number of halogens is 1. The fraction of sp³-hybridized carbons (Fsp3) is 0.333. The van der Waals surface area contributed by atoms with Crippen molar-refractivity contribution in [1.29, 1.82) is 0 Å². The summed E-state index contributed by atoms with van der Waals surface area (Å²) in [5, 5.41) is 0. The maximum Gasteiger partial charge on any atom is 0.331 e. The van der Waals surface area contributed by atoms with Crippen molar-refractivity contribution in [3.05, 3.63) is 144 Å². The Bertz CT molecular complexity index is 1380. The number of ether oxygens (including phenoxy) is 1. The molecule has 0 heterocycles. The topological polar surface area (TPSA) is 38.7 Å². The van der Waals surface area contributed by atoms with Crippen LogP contribution in [0.1, 0.15) is 78.4 Å². The summed E-state index contributed by atoms with van der Waals surface area (Å²) in [4.78, 5) is 19.0. The van der Waals surface area contributed by atoms with Crippen molar-refractivity contribution in [2.45, 2.75) is 62.2 Å². The summed E-state index contributed by atoms with van der Waals surface area (Å²) in [6.07, 6.45) is 7.65. The first-order chi connectivity index (χ1) is 21.2. The number of carbonyl (C=O) groups excluding carboxylic acids is 1. The summed E-state index contributed by atoms with van der Waals surface area (Å²) in [6, 6.07) is 40.7. The van der Waals surface area contributed by atoms with Crippen LogP contribution in [0.15, 0.2) is 126 Å². The van der Waals surface area contributed by atoms with Crippen LogP contribution in [0.2, 0.25) is 0 Å². The summed E-state index contributed by atoms with van der Waals surface area (Å²) in [5.41, 5.74) is 5.43. The van der Waals surface area contributed by atoms with E-state index in [4.69, 9.17) is 9.73 Å². The van der Waals surface area contributed by atoms with Crippen LogP contribution in [0.3, 0.4) is 0 Å². The quantitative estimate of drug-likeness (QED) is 0.0988. The van der Waals surface area contributed by atoms with Crippen LogP contribution < -0.4 is 0 Å². The highest BCUT2D eigenvalue weighted by Crippen LogP contribution is 2.44. The molecule has 0 aliphatic heterocycles. The van der Waals surface area contributed by atoms with E-state index in [1.54, 1.807) is 0 Å². The van der Waals surface area contributed by atoms with Crippen molar-refractivity contribution in [3.8, 4) is 0 Å². The van der Waals surface area contributed by atoms with Crippen molar-refractivity contribution in [2.24, 2.45) is 16.8 Å². The molecule has 2 saturated carbocycles. The largest absolute Gasteiger partial charge is 0.464 e. The molecule has 0 saturated heterocycles. The molecular formula is C39H42BrNO2. The SMILES string of the molecule is BrC(c1ccccc1)C1CCC1.CCOC(=O)C(N=C(c1ccccc1)c1ccccc1)C(c1ccccc1)C1CCC1. The minimum Gasteiger partial charge on any atom is -0.464 e. The van der Waals surface area contributed by atoms with Crippen molar-refractivity contribution in [1.82, 2.24) is 0 Å². The Kier molecular flexibility index (Phi) is 11.4. The Morgan fingerprint density at radius 3 is 1.56 bits per heavy atom. The van der Waals surface area contributed by atoms with E-state index < -0.39 is 6.04 Å². The molecule has 6 rings (SSSR count). The van der Waals surface area contributed by atoms with Crippen LogP contribution in [-0.2, 0) is 9.53 Å². The van der Waals surface area contributed by atoms with Crippen molar-refractivity contribution in [2.75, 3.05) is 6.61 Å². The van der Waals surface area contributed by atoms with Crippen LogP contribution in [0.5, 0.6) is 0 Å². The monoisotopic (exact) mass is 635 g/mol. The average molecular weight is 637 g/mol. The van der Waals surface area contributed by atoms with Crippen LogP contribution in [0, 0.1) is 11.8 Å². The lowest BCUT2D eigenvalue weighted by molar-refractivity contribution is -0.145. The van der Waals surface area contributed by atoms with Crippen molar-refractivity contribution < 1.29 is 9.53 Å². The molecule has 3 unspecified atom stereocenters. The van der Waals surface area contributed by atoms with Gasteiger partial charge in [0.2, 0.25) is 0 Å². The molecule has 0 spiro atoms. The van der Waals surface area contributed by atoms with E-state index in [9.17, 15) is 4.79 Å². The zero-order valence-corrected chi connectivity index (χ0v) is 26.6. The predicted octanol–water partition coefficient (Wildman–Crippen LogP) is 9.96. The number of benzene rings is 4. The van der Waals surface area contributed by atoms with E-state index in [-0.39, 0.29) is 11.9 Å². The number of carbonyl (C=O) groups is 1. The van der Waals surface area contributed by atoms with Crippen LogP contribution in [0.25, 0.3) is 0 Å². The van der Waals surface area contributed by atoms with Gasteiger partial charge in [0.25, 0.3) is 0 Å². The molecule has 0 bridgehead atoms. The van der Waals surface area contributed by atoms with Gasteiger partial charge in [-0.05, 0) is 55.6 Å². The third kappa shape index (κ3) is 8.12. The fourth-order valence-electron chi connectivity index (χ4n) is 5.98. The Morgan fingerprint density at radius 2 is 1.14 bits per heavy atom. The smallest absolute Gasteiger partial charge is 0.331 e. The van der Waals surface area contributed by atoms with E-state index in [1.165, 1.54) is 31.2 Å². The minimum absolute atomic E-state index is 0.0106. The first-order valence-electron chi connectivity index (χ1n) is 15.7. The van der Waals surface area contributed by atoms with E-state index >= 15 is 0 Å². The molecular weight excluding hydrogens is 594 g/mol. The molecule has 0 N–H and O–H groups in total. The van der Waals surface area contributed by atoms with Gasteiger partial charge in [-0.15, -0.1) is 0 Å². The maximum absolute atomic E-state index is 13.3. The second kappa shape index (κ2) is 15.8. The molecule has 43 heavy (non-hydrogen) atoms. The normalized spacial score (nSPS) is 16.7. The number of nitrogens with zero attached hydrogens (tertiary/aromatic N) is 1. The van der Waals surface area contributed by atoms with E-state index in [0.717, 1.165) is 41.2 Å². The summed E-state index contributed by atoms with van der Waals surface area (Å²) >= 11 is 3.76. The van der Waals surface area contributed by atoms with Gasteiger partial charge >= 0.3 is 5.97 Å². The summed E-state index contributed by atoms with van der Waals surface area (Å²) in [7, 11) is 0. The van der Waals surface area contributed by atoms with Gasteiger partial charge in [-0.1, -0.05) is 150 Å². The van der Waals surface area contributed by atoms with Gasteiger partial charge in [-0.25, -0.2) is 4.79 Å². The van der Waals surface area contributed by atoms with Crippen LogP contribution in [-0.4, -0.2) is 24.3 Å². The number of esters is 1. The van der Waals surface area contributed by atoms with Crippen LogP contribution >= 0.6 is 15.9 Å². The molecule has 2 aliphatic rings. The molecule has 222 valence electrons. The Hall–Kier alpha value is -3.50. The third-order valence-electron chi connectivity index (χ3n) is 8.75. The van der Waals surface area contributed by atoms with E-state index in [0.29, 0.717) is 17.4 Å². The van der Waals surface area contributed by atoms with Gasteiger partial charge in [-0.2, -0.15) is 0 Å². The summed E-state index contributed by atoms with van der Waals surface area (Å²) in [5.74, 6) is 1.09. The molecule has 2 aliphatic carbocycles. The fourth-order valence-corrected chi connectivity index (χ4v) is 6.82. The van der Waals surface area contributed by atoms with E-state index in [1.807, 2.05) is 61.5 Å². The number of alkyl halides is 1. The molecule has 0 amide bonds. The predicted molar refractivity (Wildman–Crippen MR) is 181 cm³/mol. The lowest BCUT2D eigenvalue weighted by atomic mass is 9.70. The highest BCUT2D eigenvalue weighted by molar-refractivity contribution is 9.09. The molecule has 4 aromatic rings. The maximum atomic E-state index is 13.3. The molecule has 4 heteroatoms. The zero-order valence-electron chi connectivity index (χ0n) is 25.0. The summed E-state index contributed by atoms with van der Waals surface area (Å²) < 4.78 is 5.55. The minimum atomic E-state index is -0.580. The Labute approximate surface area is 265 Å². The molecule has 4 aromatic carbocycles. The van der Waals surface area contributed by atoms with Gasteiger partial charge in [0.05, 0.1) is 12.3 Å². The number of rotatable bonds is 10. The van der Waals surface area contributed by atoms with Crippen LogP contribution in [0.4, 0.5) is 0 Å². The Morgan fingerprint density at radius 1 is 0.698 bits per heavy atom.